The number of amides is 1. The van der Waals surface area contributed by atoms with Crippen molar-refractivity contribution in [1.29, 1.82) is 0 Å². The first-order valence-electron chi connectivity index (χ1n) is 8.37. The van der Waals surface area contributed by atoms with Crippen LogP contribution in [0, 0.1) is 0 Å². The summed E-state index contributed by atoms with van der Waals surface area (Å²) in [6, 6.07) is 13.6. The summed E-state index contributed by atoms with van der Waals surface area (Å²) < 4.78 is 38.3. The van der Waals surface area contributed by atoms with Gasteiger partial charge in [0.2, 0.25) is 0 Å². The molecule has 3 aromatic rings. The van der Waals surface area contributed by atoms with Crippen molar-refractivity contribution in [1.82, 2.24) is 5.32 Å². The second kappa shape index (κ2) is 7.24. The van der Waals surface area contributed by atoms with E-state index in [0.29, 0.717) is 21.5 Å². The van der Waals surface area contributed by atoms with Crippen LogP contribution >= 0.6 is 11.6 Å². The molecule has 6 heteroatoms. The maximum Gasteiger partial charge on any atom is 0.416 e. The van der Waals surface area contributed by atoms with Gasteiger partial charge in [-0.3, -0.25) is 4.79 Å². The molecule has 0 unspecified atom stereocenters. The average Bonchev–Trinajstić information content (AvgIpc) is 2.61. The number of hydrogen-bond acceptors (Lipinski definition) is 1. The zero-order valence-electron chi connectivity index (χ0n) is 14.7. The average molecular weight is 392 g/mol. The van der Waals surface area contributed by atoms with Crippen molar-refractivity contribution in [3.63, 3.8) is 0 Å². The number of hydrogen-bond donors (Lipinski definition) is 1. The number of rotatable bonds is 3. The molecular formula is C21H17ClF3NO. The second-order valence-corrected chi connectivity index (χ2v) is 6.97. The van der Waals surface area contributed by atoms with Gasteiger partial charge in [-0.05, 0) is 60.7 Å². The highest BCUT2D eigenvalue weighted by atomic mass is 35.5. The molecule has 0 radical (unpaired) electrons. The Labute approximate surface area is 160 Å². The van der Waals surface area contributed by atoms with Crippen molar-refractivity contribution >= 4 is 28.3 Å². The first-order chi connectivity index (χ1) is 12.7. The van der Waals surface area contributed by atoms with Crippen LogP contribution in [0.25, 0.3) is 21.9 Å². The lowest BCUT2D eigenvalue weighted by atomic mass is 9.96. The summed E-state index contributed by atoms with van der Waals surface area (Å²) in [5, 5.41) is 4.73. The molecule has 0 bridgehead atoms. The van der Waals surface area contributed by atoms with Crippen LogP contribution in [-0.4, -0.2) is 11.9 Å². The van der Waals surface area contributed by atoms with Crippen LogP contribution in [0.15, 0.2) is 54.6 Å². The monoisotopic (exact) mass is 391 g/mol. The minimum absolute atomic E-state index is 0.00199. The van der Waals surface area contributed by atoms with Crippen molar-refractivity contribution in [2.75, 3.05) is 0 Å². The topological polar surface area (TPSA) is 29.1 Å². The predicted molar refractivity (Wildman–Crippen MR) is 102 cm³/mol. The highest BCUT2D eigenvalue weighted by Crippen LogP contribution is 2.36. The Bertz CT molecular complexity index is 995. The lowest BCUT2D eigenvalue weighted by molar-refractivity contribution is -0.137. The van der Waals surface area contributed by atoms with Crippen LogP contribution < -0.4 is 5.32 Å². The van der Waals surface area contributed by atoms with Gasteiger partial charge in [0.15, 0.2) is 0 Å². The van der Waals surface area contributed by atoms with E-state index in [1.54, 1.807) is 30.3 Å². The van der Waals surface area contributed by atoms with Gasteiger partial charge in [-0.15, -0.1) is 0 Å². The molecule has 0 aliphatic rings. The third kappa shape index (κ3) is 4.08. The summed E-state index contributed by atoms with van der Waals surface area (Å²) in [6.07, 6.45) is -4.38. The fourth-order valence-electron chi connectivity index (χ4n) is 2.89. The van der Waals surface area contributed by atoms with Gasteiger partial charge in [0.1, 0.15) is 0 Å². The second-order valence-electron chi connectivity index (χ2n) is 6.56. The minimum atomic E-state index is -4.38. The van der Waals surface area contributed by atoms with Crippen LogP contribution in [-0.2, 0) is 6.18 Å². The molecule has 0 spiro atoms. The summed E-state index contributed by atoms with van der Waals surface area (Å²) in [6.45, 7) is 3.74. The van der Waals surface area contributed by atoms with Crippen molar-refractivity contribution in [2.24, 2.45) is 0 Å². The Hall–Kier alpha value is -2.53. The molecule has 0 heterocycles. The molecule has 140 valence electrons. The van der Waals surface area contributed by atoms with Crippen LogP contribution in [0.2, 0.25) is 5.02 Å². The molecule has 0 aliphatic heterocycles. The molecule has 3 aromatic carbocycles. The van der Waals surface area contributed by atoms with Gasteiger partial charge in [0.25, 0.3) is 5.91 Å². The van der Waals surface area contributed by atoms with E-state index in [2.05, 4.69) is 5.32 Å². The van der Waals surface area contributed by atoms with Gasteiger partial charge in [-0.2, -0.15) is 13.2 Å². The zero-order valence-corrected chi connectivity index (χ0v) is 15.4. The van der Waals surface area contributed by atoms with E-state index in [0.717, 1.165) is 23.1 Å². The van der Waals surface area contributed by atoms with E-state index in [1.165, 1.54) is 12.1 Å². The number of fused-ring (bicyclic) bond motifs is 1. The van der Waals surface area contributed by atoms with E-state index >= 15 is 0 Å². The maximum atomic E-state index is 12.8. The van der Waals surface area contributed by atoms with E-state index < -0.39 is 11.7 Å². The number of halogens is 4. The molecule has 0 saturated carbocycles. The lowest BCUT2D eigenvalue weighted by Gasteiger charge is -2.13. The first kappa shape index (κ1) is 19.2. The van der Waals surface area contributed by atoms with Crippen LogP contribution in [0.1, 0.15) is 29.8 Å². The van der Waals surface area contributed by atoms with Crippen molar-refractivity contribution in [3.05, 3.63) is 70.7 Å². The summed E-state index contributed by atoms with van der Waals surface area (Å²) in [7, 11) is 0. The van der Waals surface area contributed by atoms with Gasteiger partial charge in [-0.25, -0.2) is 0 Å². The van der Waals surface area contributed by atoms with Crippen LogP contribution in [0.5, 0.6) is 0 Å². The largest absolute Gasteiger partial charge is 0.416 e. The molecule has 1 N–H and O–H groups in total. The molecule has 0 aromatic heterocycles. The normalized spacial score (nSPS) is 11.8. The van der Waals surface area contributed by atoms with Crippen LogP contribution in [0.4, 0.5) is 13.2 Å². The molecule has 2 nitrogen and oxygen atoms in total. The summed E-state index contributed by atoms with van der Waals surface area (Å²) >= 11 is 6.30. The number of carbonyl (C=O) groups excluding carboxylic acids is 1. The molecule has 3 rings (SSSR count). The van der Waals surface area contributed by atoms with Crippen molar-refractivity contribution < 1.29 is 18.0 Å². The van der Waals surface area contributed by atoms with Crippen LogP contribution in [0.3, 0.4) is 0 Å². The van der Waals surface area contributed by atoms with Gasteiger partial charge >= 0.3 is 6.18 Å². The SMILES string of the molecule is CC(C)NC(=O)c1ccc2c(-c3ccc(C(F)(F)F)cc3)ccc(Cl)c2c1. The van der Waals surface area contributed by atoms with E-state index in [-0.39, 0.29) is 11.9 Å². The lowest BCUT2D eigenvalue weighted by Crippen LogP contribution is -2.29. The number of alkyl halides is 3. The summed E-state index contributed by atoms with van der Waals surface area (Å²) in [5.41, 5.74) is 1.17. The van der Waals surface area contributed by atoms with Gasteiger partial charge in [0.05, 0.1) is 5.56 Å². The Kier molecular flexibility index (Phi) is 5.16. The quantitative estimate of drug-likeness (QED) is 0.556. The van der Waals surface area contributed by atoms with Gasteiger partial charge in [-0.1, -0.05) is 35.9 Å². The molecular weight excluding hydrogens is 375 g/mol. The Morgan fingerprint density at radius 1 is 0.963 bits per heavy atom. The van der Waals surface area contributed by atoms with E-state index in [4.69, 9.17) is 11.6 Å². The van der Waals surface area contributed by atoms with E-state index in [9.17, 15) is 18.0 Å². The minimum Gasteiger partial charge on any atom is -0.350 e. The fraction of sp³-hybridized carbons (Fsp3) is 0.190. The summed E-state index contributed by atoms with van der Waals surface area (Å²) in [4.78, 5) is 12.2. The molecule has 0 aliphatic carbocycles. The first-order valence-corrected chi connectivity index (χ1v) is 8.75. The highest BCUT2D eigenvalue weighted by Gasteiger charge is 2.30. The number of carbonyl (C=O) groups is 1. The summed E-state index contributed by atoms with van der Waals surface area (Å²) in [5.74, 6) is -0.206. The van der Waals surface area contributed by atoms with E-state index in [1.807, 2.05) is 13.8 Å². The fourth-order valence-corrected chi connectivity index (χ4v) is 3.11. The zero-order chi connectivity index (χ0) is 19.8. The predicted octanol–water partition coefficient (Wildman–Crippen LogP) is 6.32. The van der Waals surface area contributed by atoms with Gasteiger partial charge < -0.3 is 5.32 Å². The molecule has 27 heavy (non-hydrogen) atoms. The Morgan fingerprint density at radius 3 is 2.22 bits per heavy atom. The standard InChI is InChI=1S/C21H17ClF3NO/c1-12(2)26-20(27)14-5-8-17-16(9-10-19(22)18(17)11-14)13-3-6-15(7-4-13)21(23,24)25/h3-12H,1-2H3,(H,26,27). The third-order valence-corrected chi connectivity index (χ3v) is 4.50. The van der Waals surface area contributed by atoms with Gasteiger partial charge in [0, 0.05) is 22.0 Å². The smallest absolute Gasteiger partial charge is 0.350 e. The molecule has 0 fully saturated rings. The third-order valence-electron chi connectivity index (χ3n) is 4.17. The number of benzene rings is 3. The van der Waals surface area contributed by atoms with Crippen molar-refractivity contribution in [2.45, 2.75) is 26.1 Å². The maximum absolute atomic E-state index is 12.8. The van der Waals surface area contributed by atoms with Crippen molar-refractivity contribution in [3.8, 4) is 11.1 Å². The Balaban J connectivity index is 2.07. The molecule has 0 saturated heterocycles. The number of nitrogens with one attached hydrogen (secondary N) is 1. The Morgan fingerprint density at radius 2 is 1.63 bits per heavy atom. The highest BCUT2D eigenvalue weighted by molar-refractivity contribution is 6.36. The molecule has 0 atom stereocenters. The molecule has 1 amide bonds.